The van der Waals surface area contributed by atoms with Crippen molar-refractivity contribution in [2.24, 2.45) is 10.9 Å². The van der Waals surface area contributed by atoms with Gasteiger partial charge in [-0.25, -0.2) is 9.98 Å². The highest BCUT2D eigenvalue weighted by molar-refractivity contribution is 6.66. The summed E-state index contributed by atoms with van der Waals surface area (Å²) in [4.78, 5) is 11.7. The van der Waals surface area contributed by atoms with E-state index in [1.807, 2.05) is 27.7 Å². The molecule has 1 rings (SSSR count). The fourth-order valence-corrected chi connectivity index (χ4v) is 0.799. The molecule has 0 unspecified atom stereocenters. The lowest BCUT2D eigenvalue weighted by molar-refractivity contribution is 0.900. The Hall–Kier alpha value is -1.29. The first-order chi connectivity index (χ1) is 7.61. The van der Waals surface area contributed by atoms with E-state index in [0.29, 0.717) is 10.9 Å². The van der Waals surface area contributed by atoms with Gasteiger partial charge in [0.2, 0.25) is 0 Å². The van der Waals surface area contributed by atoms with Crippen LogP contribution in [0.2, 0.25) is 0 Å². The summed E-state index contributed by atoms with van der Waals surface area (Å²) in [6.07, 6.45) is 4.55. The third kappa shape index (κ3) is 4.98. The van der Waals surface area contributed by atoms with Crippen molar-refractivity contribution in [3.05, 3.63) is 24.3 Å². The second kappa shape index (κ2) is 7.93. The van der Waals surface area contributed by atoms with Crippen molar-refractivity contribution >= 4 is 22.6 Å². The minimum absolute atomic E-state index is 0.0387. The molecule has 4 nitrogen and oxygen atoms in total. The molecule has 0 fully saturated rings. The number of amidine groups is 1. The van der Waals surface area contributed by atoms with Gasteiger partial charge < -0.3 is 0 Å². The fourth-order valence-electron chi connectivity index (χ4n) is 0.715. The Labute approximate surface area is 101 Å². The molecule has 0 saturated heterocycles. The van der Waals surface area contributed by atoms with Gasteiger partial charge in [-0.3, -0.25) is 10.4 Å². The Morgan fingerprint density at radius 2 is 2.00 bits per heavy atom. The van der Waals surface area contributed by atoms with E-state index in [1.54, 1.807) is 6.20 Å². The molecule has 0 spiro atoms. The van der Waals surface area contributed by atoms with Crippen LogP contribution in [0, 0.1) is 11.3 Å². The number of nitrogens with one attached hydrogen (secondary N) is 1. The van der Waals surface area contributed by atoms with Crippen molar-refractivity contribution < 1.29 is 0 Å². The van der Waals surface area contributed by atoms with E-state index in [1.165, 1.54) is 12.4 Å². The molecule has 5 heteroatoms. The predicted octanol–water partition coefficient (Wildman–Crippen LogP) is 3.12. The van der Waals surface area contributed by atoms with E-state index >= 15 is 0 Å². The molecule has 0 aliphatic rings. The van der Waals surface area contributed by atoms with Crippen molar-refractivity contribution in [3.63, 3.8) is 0 Å². The number of hydrogen-bond donors (Lipinski definition) is 1. The first kappa shape index (κ1) is 14.7. The van der Waals surface area contributed by atoms with Gasteiger partial charge in [-0.2, -0.15) is 0 Å². The maximum absolute atomic E-state index is 7.58. The monoisotopic (exact) mass is 240 g/mol. The SMILES string of the molecule is CC.CC(C)C(Cl)=NC(=N)c1cnccn1. The number of aliphatic imine (C=N–C) groups is 1. The van der Waals surface area contributed by atoms with E-state index < -0.39 is 0 Å². The van der Waals surface area contributed by atoms with Crippen LogP contribution >= 0.6 is 11.6 Å². The summed E-state index contributed by atoms with van der Waals surface area (Å²) >= 11 is 5.82. The summed E-state index contributed by atoms with van der Waals surface area (Å²) in [5, 5.41) is 7.98. The lowest BCUT2D eigenvalue weighted by Gasteiger charge is -2.01. The highest BCUT2D eigenvalue weighted by atomic mass is 35.5. The van der Waals surface area contributed by atoms with Crippen molar-refractivity contribution in [2.75, 3.05) is 0 Å². The molecule has 1 heterocycles. The Kier molecular flexibility index (Phi) is 7.29. The molecular weight excluding hydrogens is 224 g/mol. The van der Waals surface area contributed by atoms with E-state index in [9.17, 15) is 0 Å². The highest BCUT2D eigenvalue weighted by Gasteiger charge is 2.05. The van der Waals surface area contributed by atoms with Crippen LogP contribution in [-0.4, -0.2) is 21.0 Å². The van der Waals surface area contributed by atoms with Crippen LogP contribution in [-0.2, 0) is 0 Å². The molecule has 0 aliphatic heterocycles. The van der Waals surface area contributed by atoms with Crippen LogP contribution < -0.4 is 0 Å². The Morgan fingerprint density at radius 3 is 2.44 bits per heavy atom. The van der Waals surface area contributed by atoms with Crippen LogP contribution in [0.25, 0.3) is 0 Å². The molecule has 0 aliphatic carbocycles. The third-order valence-corrected chi connectivity index (χ3v) is 2.02. The van der Waals surface area contributed by atoms with Gasteiger partial charge in [-0.15, -0.1) is 0 Å². The standard InChI is InChI=1S/C9H11ClN4.C2H6/c1-6(2)8(10)14-9(11)7-5-12-3-4-13-7;1-2/h3-6,11H,1-2H3;1-2H3. The van der Waals surface area contributed by atoms with Crippen molar-refractivity contribution in [2.45, 2.75) is 27.7 Å². The Morgan fingerprint density at radius 1 is 1.38 bits per heavy atom. The van der Waals surface area contributed by atoms with Crippen LogP contribution in [0.5, 0.6) is 0 Å². The first-order valence-corrected chi connectivity index (χ1v) is 5.58. The lowest BCUT2D eigenvalue weighted by Crippen LogP contribution is -2.05. The van der Waals surface area contributed by atoms with Crippen molar-refractivity contribution in [1.82, 2.24) is 9.97 Å². The quantitative estimate of drug-likeness (QED) is 0.638. The minimum atomic E-state index is 0.0387. The van der Waals surface area contributed by atoms with Gasteiger partial charge in [-0.1, -0.05) is 39.3 Å². The smallest absolute Gasteiger partial charge is 0.173 e. The van der Waals surface area contributed by atoms with E-state index in [0.717, 1.165) is 0 Å². The normalized spacial score (nSPS) is 10.8. The predicted molar refractivity (Wildman–Crippen MR) is 68.3 cm³/mol. The molecule has 0 bridgehead atoms. The molecule has 1 N–H and O–H groups in total. The van der Waals surface area contributed by atoms with Gasteiger partial charge in [-0.05, 0) is 0 Å². The van der Waals surface area contributed by atoms with Gasteiger partial charge in [0, 0.05) is 18.3 Å². The maximum atomic E-state index is 7.58. The fraction of sp³-hybridized carbons (Fsp3) is 0.455. The average Bonchev–Trinajstić information content (AvgIpc) is 2.32. The molecule has 16 heavy (non-hydrogen) atoms. The lowest BCUT2D eigenvalue weighted by atomic mass is 10.2. The number of nitrogens with zero attached hydrogens (tertiary/aromatic N) is 3. The van der Waals surface area contributed by atoms with Crippen molar-refractivity contribution in [1.29, 1.82) is 5.41 Å². The summed E-state index contributed by atoms with van der Waals surface area (Å²) in [5.74, 6) is 0.158. The zero-order valence-corrected chi connectivity index (χ0v) is 10.8. The van der Waals surface area contributed by atoms with Crippen LogP contribution in [0.15, 0.2) is 23.6 Å². The Balaban J connectivity index is 0.00000106. The molecule has 1 aromatic rings. The summed E-state index contributed by atoms with van der Waals surface area (Å²) in [5.41, 5.74) is 0.423. The van der Waals surface area contributed by atoms with Crippen LogP contribution in [0.3, 0.4) is 0 Å². The number of rotatable bonds is 2. The highest BCUT2D eigenvalue weighted by Crippen LogP contribution is 2.04. The zero-order chi connectivity index (χ0) is 12.6. The largest absolute Gasteiger partial charge is 0.281 e. The number of halogens is 1. The summed E-state index contributed by atoms with van der Waals surface area (Å²) < 4.78 is 0. The average molecular weight is 241 g/mol. The molecule has 0 saturated carbocycles. The van der Waals surface area contributed by atoms with Crippen molar-refractivity contribution in [3.8, 4) is 0 Å². The summed E-state index contributed by atoms with van der Waals surface area (Å²) in [7, 11) is 0. The van der Waals surface area contributed by atoms with E-state index in [2.05, 4.69) is 15.0 Å². The van der Waals surface area contributed by atoms with Gasteiger partial charge in [0.05, 0.1) is 6.20 Å². The van der Waals surface area contributed by atoms with E-state index in [-0.39, 0.29) is 11.8 Å². The second-order valence-electron chi connectivity index (χ2n) is 3.03. The molecule has 0 amide bonds. The molecule has 0 radical (unpaired) electrons. The summed E-state index contributed by atoms with van der Waals surface area (Å²) in [6.45, 7) is 7.82. The zero-order valence-electron chi connectivity index (χ0n) is 10.0. The van der Waals surface area contributed by atoms with Gasteiger partial charge in [0.25, 0.3) is 0 Å². The van der Waals surface area contributed by atoms with Crippen LogP contribution in [0.4, 0.5) is 0 Å². The van der Waals surface area contributed by atoms with Gasteiger partial charge >= 0.3 is 0 Å². The number of aromatic nitrogens is 2. The van der Waals surface area contributed by atoms with Gasteiger partial charge in [0.15, 0.2) is 5.84 Å². The van der Waals surface area contributed by atoms with Gasteiger partial charge in [0.1, 0.15) is 10.9 Å². The van der Waals surface area contributed by atoms with Crippen LogP contribution in [0.1, 0.15) is 33.4 Å². The topological polar surface area (TPSA) is 62.0 Å². The second-order valence-corrected chi connectivity index (χ2v) is 3.42. The minimum Gasteiger partial charge on any atom is -0.281 e. The summed E-state index contributed by atoms with van der Waals surface area (Å²) in [6, 6.07) is 0. The third-order valence-electron chi connectivity index (χ3n) is 1.50. The molecule has 88 valence electrons. The maximum Gasteiger partial charge on any atom is 0.173 e. The number of hydrogen-bond acceptors (Lipinski definition) is 3. The Bertz CT molecular complexity index is 346. The molecule has 0 aromatic carbocycles. The first-order valence-electron chi connectivity index (χ1n) is 5.20. The van der Waals surface area contributed by atoms with E-state index in [4.69, 9.17) is 17.0 Å². The molecular formula is C11H17ClN4. The molecule has 0 atom stereocenters. The molecule has 1 aromatic heterocycles.